The molecule has 5 heteroatoms. The summed E-state index contributed by atoms with van der Waals surface area (Å²) in [6, 6.07) is 0. The molecule has 0 fully saturated rings. The number of cyclic esters (lactones) is 1. The molecule has 0 spiro atoms. The molecule has 1 heterocycles. The summed E-state index contributed by atoms with van der Waals surface area (Å²) >= 11 is 0. The lowest BCUT2D eigenvalue weighted by molar-refractivity contribution is -0.151. The number of esters is 1. The lowest BCUT2D eigenvalue weighted by Gasteiger charge is -2.25. The second-order valence-electron chi connectivity index (χ2n) is 4.78. The molecule has 0 aromatic carbocycles. The largest absolute Gasteiger partial charge is 0.490 e. The Morgan fingerprint density at radius 1 is 1.48 bits per heavy atom. The zero-order valence-electron chi connectivity index (χ0n) is 12.4. The third kappa shape index (κ3) is 5.69. The Morgan fingerprint density at radius 3 is 2.71 bits per heavy atom. The average molecular weight is 292 g/mol. The van der Waals surface area contributed by atoms with Gasteiger partial charge in [0.1, 0.15) is 6.10 Å². The van der Waals surface area contributed by atoms with Gasteiger partial charge in [-0.15, -0.1) is 0 Å². The van der Waals surface area contributed by atoms with Crippen molar-refractivity contribution in [1.82, 2.24) is 0 Å². The zero-order valence-corrected chi connectivity index (χ0v) is 12.4. The molecule has 2 atom stereocenters. The number of ether oxygens (including phenoxy) is 2. The lowest BCUT2D eigenvalue weighted by Crippen LogP contribution is -2.29. The Hall–Kier alpha value is -2.30. The van der Waals surface area contributed by atoms with E-state index in [0.717, 1.165) is 11.6 Å². The molecule has 1 rings (SSSR count). The van der Waals surface area contributed by atoms with E-state index >= 15 is 0 Å². The summed E-state index contributed by atoms with van der Waals surface area (Å²) in [4.78, 5) is 21.9. The van der Waals surface area contributed by atoms with Gasteiger partial charge in [-0.3, -0.25) is 0 Å². The van der Waals surface area contributed by atoms with E-state index in [0.29, 0.717) is 6.42 Å². The summed E-state index contributed by atoms with van der Waals surface area (Å²) in [5, 5.41) is 8.46. The molecule has 0 amide bonds. The van der Waals surface area contributed by atoms with Crippen LogP contribution in [0.1, 0.15) is 20.3 Å². The number of aliphatic carboxylic acids is 1. The minimum atomic E-state index is -0.982. The van der Waals surface area contributed by atoms with Crippen LogP contribution in [-0.4, -0.2) is 30.3 Å². The number of methoxy groups -OCH3 is 1. The number of hydrogen-bond acceptors (Lipinski definition) is 4. The van der Waals surface area contributed by atoms with Crippen molar-refractivity contribution in [3.8, 4) is 0 Å². The van der Waals surface area contributed by atoms with Gasteiger partial charge in [0, 0.05) is 18.4 Å². The predicted molar refractivity (Wildman–Crippen MR) is 78.4 cm³/mol. The van der Waals surface area contributed by atoms with Crippen LogP contribution in [0.2, 0.25) is 0 Å². The first kappa shape index (κ1) is 16.8. The van der Waals surface area contributed by atoms with E-state index in [1.54, 1.807) is 18.2 Å². The van der Waals surface area contributed by atoms with Crippen LogP contribution in [0.5, 0.6) is 0 Å². The fraction of sp³-hybridized carbons (Fsp3) is 0.375. The van der Waals surface area contributed by atoms with Gasteiger partial charge in [0.25, 0.3) is 0 Å². The SMILES string of the molecule is COC1=CC[C@@H]([C@@H](C)C=C(C)C=CC=CC(=O)O)OC1=O. The van der Waals surface area contributed by atoms with Crippen LogP contribution in [0.3, 0.4) is 0 Å². The van der Waals surface area contributed by atoms with Gasteiger partial charge in [-0.05, 0) is 13.0 Å². The Balaban J connectivity index is 2.61. The summed E-state index contributed by atoms with van der Waals surface area (Å²) in [5.41, 5.74) is 0.968. The topological polar surface area (TPSA) is 72.8 Å². The highest BCUT2D eigenvalue weighted by molar-refractivity contribution is 5.87. The summed E-state index contributed by atoms with van der Waals surface area (Å²) in [7, 11) is 1.44. The molecule has 21 heavy (non-hydrogen) atoms. The van der Waals surface area contributed by atoms with Crippen LogP contribution in [0.25, 0.3) is 0 Å². The predicted octanol–water partition coefficient (Wildman–Crippen LogP) is 2.61. The molecule has 0 bridgehead atoms. The minimum Gasteiger partial charge on any atom is -0.490 e. The number of rotatable bonds is 6. The molecule has 0 saturated heterocycles. The number of carboxylic acids is 1. The van der Waals surface area contributed by atoms with Crippen molar-refractivity contribution >= 4 is 11.9 Å². The highest BCUT2D eigenvalue weighted by Crippen LogP contribution is 2.22. The zero-order chi connectivity index (χ0) is 15.8. The van der Waals surface area contributed by atoms with Crippen LogP contribution < -0.4 is 0 Å². The van der Waals surface area contributed by atoms with E-state index in [2.05, 4.69) is 0 Å². The smallest absolute Gasteiger partial charge is 0.373 e. The van der Waals surface area contributed by atoms with Crippen molar-refractivity contribution < 1.29 is 24.2 Å². The fourth-order valence-corrected chi connectivity index (χ4v) is 1.96. The molecule has 1 aliphatic heterocycles. The molecule has 0 aromatic heterocycles. The van der Waals surface area contributed by atoms with Crippen molar-refractivity contribution in [2.75, 3.05) is 7.11 Å². The molecule has 0 unspecified atom stereocenters. The van der Waals surface area contributed by atoms with Crippen LogP contribution in [-0.2, 0) is 19.1 Å². The normalized spacial score (nSPS) is 21.3. The summed E-state index contributed by atoms with van der Waals surface area (Å²) in [6.45, 7) is 3.87. The minimum absolute atomic E-state index is 0.0525. The first-order valence-corrected chi connectivity index (χ1v) is 6.65. The first-order valence-electron chi connectivity index (χ1n) is 6.65. The third-order valence-corrected chi connectivity index (χ3v) is 3.04. The quantitative estimate of drug-likeness (QED) is 0.463. The molecule has 0 saturated carbocycles. The molecule has 1 aliphatic rings. The van der Waals surface area contributed by atoms with Crippen LogP contribution in [0, 0.1) is 5.92 Å². The number of allylic oxidation sites excluding steroid dienone is 4. The Labute approximate surface area is 124 Å². The van der Waals surface area contributed by atoms with Gasteiger partial charge in [-0.2, -0.15) is 0 Å². The Bertz CT molecular complexity index is 511. The molecule has 0 aliphatic carbocycles. The third-order valence-electron chi connectivity index (χ3n) is 3.04. The summed E-state index contributed by atoms with van der Waals surface area (Å²) in [5.74, 6) is -1.12. The maximum atomic E-state index is 11.6. The van der Waals surface area contributed by atoms with Crippen molar-refractivity contribution in [1.29, 1.82) is 0 Å². The number of carbonyl (C=O) groups excluding carboxylic acids is 1. The highest BCUT2D eigenvalue weighted by Gasteiger charge is 2.26. The van der Waals surface area contributed by atoms with Gasteiger partial charge < -0.3 is 14.6 Å². The molecule has 0 aromatic rings. The molecular formula is C16H20O5. The molecule has 114 valence electrons. The second kappa shape index (κ2) is 8.09. The van der Waals surface area contributed by atoms with E-state index < -0.39 is 11.9 Å². The molecule has 5 nitrogen and oxygen atoms in total. The summed E-state index contributed by atoms with van der Waals surface area (Å²) < 4.78 is 10.2. The van der Waals surface area contributed by atoms with Crippen molar-refractivity contribution in [2.24, 2.45) is 5.92 Å². The van der Waals surface area contributed by atoms with Crippen LogP contribution in [0.15, 0.2) is 47.8 Å². The van der Waals surface area contributed by atoms with Crippen molar-refractivity contribution in [2.45, 2.75) is 26.4 Å². The van der Waals surface area contributed by atoms with Gasteiger partial charge in [0.2, 0.25) is 0 Å². The standard InChI is InChI=1S/C16H20O5/c1-11(6-4-5-7-15(17)18)10-12(2)13-8-9-14(20-3)16(19)21-13/h4-7,9-10,12-13H,8H2,1-3H3,(H,17,18)/t12-,13-/m0/s1. The first-order chi connectivity index (χ1) is 9.93. The second-order valence-corrected chi connectivity index (χ2v) is 4.78. The average Bonchev–Trinajstić information content (AvgIpc) is 2.43. The summed E-state index contributed by atoms with van der Waals surface area (Å²) in [6.07, 6.45) is 10.1. The Kier molecular flexibility index (Phi) is 6.46. The maximum Gasteiger partial charge on any atom is 0.373 e. The maximum absolute atomic E-state index is 11.6. The van der Waals surface area contributed by atoms with Gasteiger partial charge in [0.15, 0.2) is 5.76 Å². The van der Waals surface area contributed by atoms with E-state index in [1.807, 2.05) is 19.9 Å². The molecular weight excluding hydrogens is 272 g/mol. The van der Waals surface area contributed by atoms with Gasteiger partial charge >= 0.3 is 11.9 Å². The van der Waals surface area contributed by atoms with E-state index in [9.17, 15) is 9.59 Å². The van der Waals surface area contributed by atoms with Crippen molar-refractivity contribution in [3.05, 3.63) is 47.8 Å². The monoisotopic (exact) mass is 292 g/mol. The van der Waals surface area contributed by atoms with Crippen molar-refractivity contribution in [3.63, 3.8) is 0 Å². The van der Waals surface area contributed by atoms with E-state index in [-0.39, 0.29) is 17.8 Å². The fourth-order valence-electron chi connectivity index (χ4n) is 1.96. The van der Waals surface area contributed by atoms with Crippen LogP contribution >= 0.6 is 0 Å². The van der Waals surface area contributed by atoms with Gasteiger partial charge in [-0.25, -0.2) is 9.59 Å². The number of hydrogen-bond donors (Lipinski definition) is 1. The number of carbonyl (C=O) groups is 2. The van der Waals surface area contributed by atoms with Crippen LogP contribution in [0.4, 0.5) is 0 Å². The number of carboxylic acid groups (broad SMARTS) is 1. The lowest BCUT2D eigenvalue weighted by atomic mass is 9.97. The van der Waals surface area contributed by atoms with Gasteiger partial charge in [-0.1, -0.05) is 36.8 Å². The van der Waals surface area contributed by atoms with E-state index in [4.69, 9.17) is 14.6 Å². The highest BCUT2D eigenvalue weighted by atomic mass is 16.6. The molecule has 1 N–H and O–H groups in total. The Morgan fingerprint density at radius 2 is 2.14 bits per heavy atom. The molecule has 0 radical (unpaired) electrons. The van der Waals surface area contributed by atoms with E-state index in [1.165, 1.54) is 13.2 Å². The van der Waals surface area contributed by atoms with Gasteiger partial charge in [0.05, 0.1) is 7.11 Å².